The molecule has 4 aromatic rings. The molecule has 1 N–H and O–H groups in total. The molecule has 5 rings (SSSR count). The number of nitrogens with zero attached hydrogens (tertiary/aromatic N) is 4. The van der Waals surface area contributed by atoms with Crippen LogP contribution in [-0.2, 0) is 4.79 Å². The van der Waals surface area contributed by atoms with Crippen molar-refractivity contribution in [3.05, 3.63) is 65.7 Å². The lowest BCUT2D eigenvalue weighted by molar-refractivity contribution is -0.120. The highest BCUT2D eigenvalue weighted by molar-refractivity contribution is 6.30. The van der Waals surface area contributed by atoms with Crippen molar-refractivity contribution < 1.29 is 13.7 Å². The number of halogens is 2. The summed E-state index contributed by atoms with van der Waals surface area (Å²) < 4.78 is 18.8. The molecular weight excluding hydrogens is 433 g/mol. The second kappa shape index (κ2) is 8.55. The standard InChI is InChI=1S/C23H19ClFN5O2/c24-16-4-1-5-18(11-16)28-22(31)15-3-2-10-30(12-15)21-19-20(14-6-8-17(25)9-7-14)29-32-23(19)27-13-26-21/h1,4-9,11,13,15H,2-3,10,12H2,(H,28,31). The molecule has 1 unspecified atom stereocenters. The van der Waals surface area contributed by atoms with Crippen LogP contribution in [0.3, 0.4) is 0 Å². The molecule has 162 valence electrons. The topological polar surface area (TPSA) is 84.2 Å². The van der Waals surface area contributed by atoms with E-state index < -0.39 is 0 Å². The van der Waals surface area contributed by atoms with Crippen LogP contribution in [0, 0.1) is 11.7 Å². The molecular formula is C23H19ClFN5O2. The van der Waals surface area contributed by atoms with Crippen LogP contribution >= 0.6 is 11.6 Å². The van der Waals surface area contributed by atoms with Gasteiger partial charge in [-0.2, -0.15) is 4.98 Å². The first kappa shape index (κ1) is 20.4. The molecule has 0 aliphatic carbocycles. The second-order valence-corrected chi connectivity index (χ2v) is 8.14. The molecule has 1 aliphatic rings. The average Bonchev–Trinajstić information content (AvgIpc) is 3.24. The van der Waals surface area contributed by atoms with Gasteiger partial charge in [-0.15, -0.1) is 0 Å². The van der Waals surface area contributed by atoms with E-state index in [2.05, 4.69) is 25.3 Å². The SMILES string of the molecule is O=C(Nc1cccc(Cl)c1)C1CCCN(c2ncnc3onc(-c4ccc(F)cc4)c23)C1. The molecule has 0 spiro atoms. The van der Waals surface area contributed by atoms with E-state index in [0.29, 0.717) is 45.4 Å². The predicted molar refractivity (Wildman–Crippen MR) is 120 cm³/mol. The third-order valence-corrected chi connectivity index (χ3v) is 5.79. The summed E-state index contributed by atoms with van der Waals surface area (Å²) in [6, 6.07) is 13.1. The third kappa shape index (κ3) is 4.01. The summed E-state index contributed by atoms with van der Waals surface area (Å²) in [6.07, 6.45) is 3.02. The normalized spacial score (nSPS) is 16.3. The number of anilines is 2. The number of fused-ring (bicyclic) bond motifs is 1. The van der Waals surface area contributed by atoms with Crippen molar-refractivity contribution in [1.82, 2.24) is 15.1 Å². The molecule has 0 saturated carbocycles. The smallest absolute Gasteiger partial charge is 0.263 e. The molecule has 1 atom stereocenters. The van der Waals surface area contributed by atoms with Crippen molar-refractivity contribution in [3.8, 4) is 11.3 Å². The second-order valence-electron chi connectivity index (χ2n) is 7.70. The molecule has 1 saturated heterocycles. The van der Waals surface area contributed by atoms with E-state index in [9.17, 15) is 9.18 Å². The minimum Gasteiger partial charge on any atom is -0.355 e. The number of rotatable bonds is 4. The molecule has 3 heterocycles. The lowest BCUT2D eigenvalue weighted by atomic mass is 9.96. The summed E-state index contributed by atoms with van der Waals surface area (Å²) in [4.78, 5) is 23.6. The monoisotopic (exact) mass is 451 g/mol. The number of benzene rings is 2. The van der Waals surface area contributed by atoms with E-state index in [4.69, 9.17) is 16.1 Å². The Morgan fingerprint density at radius 1 is 1.19 bits per heavy atom. The minimum absolute atomic E-state index is 0.0636. The van der Waals surface area contributed by atoms with Crippen LogP contribution in [-0.4, -0.2) is 34.1 Å². The fraction of sp³-hybridized carbons (Fsp3) is 0.217. The first-order valence-electron chi connectivity index (χ1n) is 10.3. The van der Waals surface area contributed by atoms with E-state index in [1.165, 1.54) is 18.5 Å². The van der Waals surface area contributed by atoms with Crippen molar-refractivity contribution >= 4 is 40.1 Å². The molecule has 1 amide bonds. The van der Waals surface area contributed by atoms with Crippen LogP contribution in [0.4, 0.5) is 15.9 Å². The first-order valence-corrected chi connectivity index (χ1v) is 10.6. The molecule has 0 radical (unpaired) electrons. The van der Waals surface area contributed by atoms with Crippen molar-refractivity contribution in [2.75, 3.05) is 23.3 Å². The Bertz CT molecular complexity index is 1280. The minimum atomic E-state index is -0.331. The van der Waals surface area contributed by atoms with Crippen molar-refractivity contribution in [1.29, 1.82) is 0 Å². The maximum absolute atomic E-state index is 13.4. The summed E-state index contributed by atoms with van der Waals surface area (Å²) in [6.45, 7) is 1.23. The van der Waals surface area contributed by atoms with E-state index in [0.717, 1.165) is 19.4 Å². The number of carbonyl (C=O) groups excluding carboxylic acids is 1. The van der Waals surface area contributed by atoms with Gasteiger partial charge < -0.3 is 14.7 Å². The van der Waals surface area contributed by atoms with Crippen molar-refractivity contribution in [2.45, 2.75) is 12.8 Å². The van der Waals surface area contributed by atoms with E-state index in [1.807, 2.05) is 6.07 Å². The summed E-state index contributed by atoms with van der Waals surface area (Å²) in [7, 11) is 0. The van der Waals surface area contributed by atoms with Gasteiger partial charge in [-0.25, -0.2) is 9.37 Å². The van der Waals surface area contributed by atoms with Gasteiger partial charge in [-0.3, -0.25) is 4.79 Å². The number of carbonyl (C=O) groups is 1. The molecule has 1 fully saturated rings. The Morgan fingerprint density at radius 3 is 2.84 bits per heavy atom. The van der Waals surface area contributed by atoms with Gasteiger partial charge in [-0.1, -0.05) is 22.8 Å². The fourth-order valence-electron chi connectivity index (χ4n) is 4.01. The predicted octanol–water partition coefficient (Wildman–Crippen LogP) is 4.93. The maximum Gasteiger partial charge on any atom is 0.263 e. The van der Waals surface area contributed by atoms with Gasteiger partial charge in [-0.05, 0) is 55.3 Å². The largest absolute Gasteiger partial charge is 0.355 e. The highest BCUT2D eigenvalue weighted by Gasteiger charge is 2.29. The number of hydrogen-bond acceptors (Lipinski definition) is 6. The van der Waals surface area contributed by atoms with Crippen LogP contribution in [0.25, 0.3) is 22.4 Å². The average molecular weight is 452 g/mol. The Hall–Kier alpha value is -3.52. The number of amides is 1. The van der Waals surface area contributed by atoms with Gasteiger partial charge in [0.25, 0.3) is 5.71 Å². The lowest BCUT2D eigenvalue weighted by Crippen LogP contribution is -2.41. The van der Waals surface area contributed by atoms with Crippen molar-refractivity contribution in [3.63, 3.8) is 0 Å². The summed E-state index contributed by atoms with van der Waals surface area (Å²) in [5, 5.41) is 8.32. The van der Waals surface area contributed by atoms with Gasteiger partial charge in [0, 0.05) is 29.4 Å². The number of aromatic nitrogens is 3. The summed E-state index contributed by atoms with van der Waals surface area (Å²) in [5.74, 6) is 0.0339. The zero-order chi connectivity index (χ0) is 22.1. The lowest BCUT2D eigenvalue weighted by Gasteiger charge is -2.33. The molecule has 7 nitrogen and oxygen atoms in total. The molecule has 32 heavy (non-hydrogen) atoms. The number of piperidine rings is 1. The van der Waals surface area contributed by atoms with E-state index in [-0.39, 0.29) is 17.6 Å². The van der Waals surface area contributed by atoms with Gasteiger partial charge in [0.1, 0.15) is 29.0 Å². The van der Waals surface area contributed by atoms with Gasteiger partial charge in [0.15, 0.2) is 0 Å². The third-order valence-electron chi connectivity index (χ3n) is 5.55. The van der Waals surface area contributed by atoms with Crippen LogP contribution < -0.4 is 10.2 Å². The Kier molecular flexibility index (Phi) is 5.45. The van der Waals surface area contributed by atoms with Crippen LogP contribution in [0.1, 0.15) is 12.8 Å². The van der Waals surface area contributed by atoms with Crippen LogP contribution in [0.5, 0.6) is 0 Å². The fourth-order valence-corrected chi connectivity index (χ4v) is 4.20. The first-order chi connectivity index (χ1) is 15.6. The molecule has 2 aromatic heterocycles. The zero-order valence-corrected chi connectivity index (χ0v) is 17.7. The Balaban J connectivity index is 1.43. The molecule has 1 aliphatic heterocycles. The van der Waals surface area contributed by atoms with Crippen LogP contribution in [0.2, 0.25) is 5.02 Å². The maximum atomic E-state index is 13.4. The van der Waals surface area contributed by atoms with Gasteiger partial charge in [0.2, 0.25) is 5.91 Å². The van der Waals surface area contributed by atoms with Crippen LogP contribution in [0.15, 0.2) is 59.4 Å². The van der Waals surface area contributed by atoms with E-state index >= 15 is 0 Å². The van der Waals surface area contributed by atoms with E-state index in [1.54, 1.807) is 30.3 Å². The summed E-state index contributed by atoms with van der Waals surface area (Å²) in [5.41, 5.74) is 2.26. The Morgan fingerprint density at radius 2 is 2.03 bits per heavy atom. The quantitative estimate of drug-likeness (QED) is 0.473. The molecule has 9 heteroatoms. The van der Waals surface area contributed by atoms with Gasteiger partial charge >= 0.3 is 0 Å². The summed E-state index contributed by atoms with van der Waals surface area (Å²) >= 11 is 6.03. The Labute approximate surface area is 188 Å². The zero-order valence-electron chi connectivity index (χ0n) is 17.0. The number of nitrogens with one attached hydrogen (secondary N) is 1. The van der Waals surface area contributed by atoms with Crippen molar-refractivity contribution in [2.24, 2.45) is 5.92 Å². The number of hydrogen-bond donors (Lipinski definition) is 1. The van der Waals surface area contributed by atoms with Gasteiger partial charge in [0.05, 0.1) is 5.92 Å². The highest BCUT2D eigenvalue weighted by atomic mass is 35.5. The highest BCUT2D eigenvalue weighted by Crippen LogP contribution is 2.35. The molecule has 0 bridgehead atoms. The molecule has 2 aromatic carbocycles.